The van der Waals surface area contributed by atoms with Gasteiger partial charge in [-0.15, -0.1) is 0 Å². The zero-order valence-electron chi connectivity index (χ0n) is 7.87. The van der Waals surface area contributed by atoms with Crippen molar-refractivity contribution in [1.82, 2.24) is 10.6 Å². The van der Waals surface area contributed by atoms with Crippen molar-refractivity contribution in [3.63, 3.8) is 0 Å². The predicted molar refractivity (Wildman–Crippen MR) is 49.7 cm³/mol. The van der Waals surface area contributed by atoms with Crippen molar-refractivity contribution < 1.29 is 10.0 Å². The standard InChI is InChI=1S/C7H16N4O2/c1-3-5(6(8)11-13)10-7(12)9-4-2/h5,13H,3-4H2,1-2H3,(H2,8,11)(H2,9,10,12). The lowest BCUT2D eigenvalue weighted by molar-refractivity contribution is 0.239. The summed E-state index contributed by atoms with van der Waals surface area (Å²) in [6, 6.07) is -0.738. The van der Waals surface area contributed by atoms with E-state index in [4.69, 9.17) is 10.9 Å². The van der Waals surface area contributed by atoms with E-state index in [1.54, 1.807) is 0 Å². The van der Waals surface area contributed by atoms with Crippen LogP contribution in [0.25, 0.3) is 0 Å². The zero-order valence-corrected chi connectivity index (χ0v) is 7.87. The summed E-state index contributed by atoms with van der Waals surface area (Å²) in [5.74, 6) is 0.00810. The quantitative estimate of drug-likeness (QED) is 0.213. The molecular weight excluding hydrogens is 172 g/mol. The Labute approximate surface area is 77.2 Å². The number of carbonyl (C=O) groups excluding carboxylic acids is 1. The lowest BCUT2D eigenvalue weighted by Gasteiger charge is -2.15. The molecule has 0 spiro atoms. The molecule has 6 heteroatoms. The lowest BCUT2D eigenvalue weighted by atomic mass is 10.2. The Morgan fingerprint density at radius 2 is 2.23 bits per heavy atom. The molecule has 1 unspecified atom stereocenters. The number of nitrogens with two attached hydrogens (primary N) is 1. The summed E-state index contributed by atoms with van der Waals surface area (Å²) in [7, 11) is 0. The number of rotatable bonds is 4. The van der Waals surface area contributed by atoms with E-state index in [9.17, 15) is 4.79 Å². The average molecular weight is 188 g/mol. The van der Waals surface area contributed by atoms with Gasteiger partial charge in [0.05, 0.1) is 6.04 Å². The Morgan fingerprint density at radius 1 is 1.62 bits per heavy atom. The van der Waals surface area contributed by atoms with Gasteiger partial charge in [-0.1, -0.05) is 12.1 Å². The molecule has 6 nitrogen and oxygen atoms in total. The molecule has 5 N–H and O–H groups in total. The minimum Gasteiger partial charge on any atom is -0.409 e. The first-order chi connectivity index (χ1) is 6.15. The second-order valence-corrected chi connectivity index (χ2v) is 2.49. The highest BCUT2D eigenvalue weighted by Crippen LogP contribution is 1.90. The third-order valence-corrected chi connectivity index (χ3v) is 1.52. The zero-order chi connectivity index (χ0) is 10.3. The van der Waals surface area contributed by atoms with Crippen LogP contribution >= 0.6 is 0 Å². The number of nitrogens with zero attached hydrogens (tertiary/aromatic N) is 1. The fraction of sp³-hybridized carbons (Fsp3) is 0.714. The van der Waals surface area contributed by atoms with E-state index in [0.29, 0.717) is 13.0 Å². The molecule has 0 aliphatic rings. The minimum absolute atomic E-state index is 0.00810. The fourth-order valence-corrected chi connectivity index (χ4v) is 0.825. The molecule has 0 saturated carbocycles. The molecule has 1 atom stereocenters. The number of hydrogen-bond acceptors (Lipinski definition) is 3. The van der Waals surface area contributed by atoms with Gasteiger partial charge in [0, 0.05) is 6.54 Å². The molecule has 13 heavy (non-hydrogen) atoms. The smallest absolute Gasteiger partial charge is 0.315 e. The monoisotopic (exact) mass is 188 g/mol. The Morgan fingerprint density at radius 3 is 2.62 bits per heavy atom. The maximum Gasteiger partial charge on any atom is 0.315 e. The maximum absolute atomic E-state index is 11.0. The molecular formula is C7H16N4O2. The molecule has 76 valence electrons. The van der Waals surface area contributed by atoms with Gasteiger partial charge in [-0.05, 0) is 13.3 Å². The Balaban J connectivity index is 4.05. The summed E-state index contributed by atoms with van der Waals surface area (Å²) >= 11 is 0. The van der Waals surface area contributed by atoms with Gasteiger partial charge >= 0.3 is 6.03 Å². The molecule has 0 bridgehead atoms. The van der Waals surface area contributed by atoms with E-state index >= 15 is 0 Å². The maximum atomic E-state index is 11.0. The van der Waals surface area contributed by atoms with Crippen LogP contribution in [0.15, 0.2) is 5.16 Å². The molecule has 0 radical (unpaired) electrons. The molecule has 0 aliphatic heterocycles. The molecule has 0 aliphatic carbocycles. The normalized spacial score (nSPS) is 13.5. The summed E-state index contributed by atoms with van der Waals surface area (Å²) < 4.78 is 0. The topological polar surface area (TPSA) is 99.7 Å². The molecule has 0 rings (SSSR count). The molecule has 2 amide bonds. The van der Waals surface area contributed by atoms with Gasteiger partial charge in [-0.3, -0.25) is 0 Å². The van der Waals surface area contributed by atoms with Gasteiger partial charge in [-0.2, -0.15) is 0 Å². The highest BCUT2D eigenvalue weighted by Gasteiger charge is 2.13. The first kappa shape index (κ1) is 11.5. The Bertz CT molecular complexity index is 193. The highest BCUT2D eigenvalue weighted by molar-refractivity contribution is 5.89. The number of amides is 2. The van der Waals surface area contributed by atoms with Crippen LogP contribution in [0.3, 0.4) is 0 Å². The van der Waals surface area contributed by atoms with Crippen LogP contribution in [-0.4, -0.2) is 29.7 Å². The van der Waals surface area contributed by atoms with Gasteiger partial charge in [0.25, 0.3) is 0 Å². The largest absolute Gasteiger partial charge is 0.409 e. The number of amidine groups is 1. The van der Waals surface area contributed by atoms with E-state index in [0.717, 1.165) is 0 Å². The molecule has 0 fully saturated rings. The van der Waals surface area contributed by atoms with Crippen LogP contribution in [0.1, 0.15) is 20.3 Å². The molecule has 0 aromatic rings. The molecule has 0 saturated heterocycles. The van der Waals surface area contributed by atoms with E-state index in [1.807, 2.05) is 13.8 Å². The van der Waals surface area contributed by atoms with Crippen LogP contribution < -0.4 is 16.4 Å². The molecule has 0 heterocycles. The third-order valence-electron chi connectivity index (χ3n) is 1.52. The summed E-state index contributed by atoms with van der Waals surface area (Å²) in [5.41, 5.74) is 5.33. The summed E-state index contributed by atoms with van der Waals surface area (Å²) in [4.78, 5) is 11.0. The predicted octanol–water partition coefficient (Wildman–Crippen LogP) is -0.169. The van der Waals surface area contributed by atoms with Crippen LogP contribution in [-0.2, 0) is 0 Å². The van der Waals surface area contributed by atoms with Gasteiger partial charge < -0.3 is 21.6 Å². The average Bonchev–Trinajstić information content (AvgIpc) is 2.13. The van der Waals surface area contributed by atoms with Gasteiger partial charge in [0.1, 0.15) is 0 Å². The number of oxime groups is 1. The van der Waals surface area contributed by atoms with E-state index in [2.05, 4.69) is 15.8 Å². The number of carbonyl (C=O) groups is 1. The fourth-order valence-electron chi connectivity index (χ4n) is 0.825. The number of hydrogen-bond donors (Lipinski definition) is 4. The van der Waals surface area contributed by atoms with Crippen LogP contribution in [0.2, 0.25) is 0 Å². The second-order valence-electron chi connectivity index (χ2n) is 2.49. The first-order valence-electron chi connectivity index (χ1n) is 4.17. The Hall–Kier alpha value is -1.46. The highest BCUT2D eigenvalue weighted by atomic mass is 16.4. The molecule has 0 aromatic heterocycles. The molecule has 0 aromatic carbocycles. The van der Waals surface area contributed by atoms with Crippen molar-refractivity contribution in [3.8, 4) is 0 Å². The van der Waals surface area contributed by atoms with Crippen molar-refractivity contribution in [1.29, 1.82) is 0 Å². The van der Waals surface area contributed by atoms with E-state index < -0.39 is 6.04 Å². The number of urea groups is 1. The van der Waals surface area contributed by atoms with Crippen molar-refractivity contribution in [2.24, 2.45) is 10.9 Å². The summed E-state index contributed by atoms with van der Waals surface area (Å²) in [6.45, 7) is 4.18. The van der Waals surface area contributed by atoms with Crippen LogP contribution in [0, 0.1) is 0 Å². The lowest BCUT2D eigenvalue weighted by Crippen LogP contribution is -2.48. The van der Waals surface area contributed by atoms with Crippen molar-refractivity contribution in [2.75, 3.05) is 6.54 Å². The van der Waals surface area contributed by atoms with Gasteiger partial charge in [0.15, 0.2) is 5.84 Å². The number of nitrogens with one attached hydrogen (secondary N) is 2. The minimum atomic E-state index is -0.420. The summed E-state index contributed by atoms with van der Waals surface area (Å²) in [5, 5.41) is 16.3. The SMILES string of the molecule is CCNC(=O)NC(CC)/C(N)=N/O. The van der Waals surface area contributed by atoms with Crippen molar-refractivity contribution in [3.05, 3.63) is 0 Å². The van der Waals surface area contributed by atoms with Gasteiger partial charge in [0.2, 0.25) is 0 Å². The van der Waals surface area contributed by atoms with E-state index in [-0.39, 0.29) is 11.9 Å². The summed E-state index contributed by atoms with van der Waals surface area (Å²) in [6.07, 6.45) is 0.576. The van der Waals surface area contributed by atoms with Crippen molar-refractivity contribution in [2.45, 2.75) is 26.3 Å². The third kappa shape index (κ3) is 4.19. The van der Waals surface area contributed by atoms with Crippen molar-refractivity contribution >= 4 is 11.9 Å². The first-order valence-corrected chi connectivity index (χ1v) is 4.17. The van der Waals surface area contributed by atoms with Gasteiger partial charge in [-0.25, -0.2) is 4.79 Å². The Kier molecular flexibility index (Phi) is 5.42. The van der Waals surface area contributed by atoms with E-state index in [1.165, 1.54) is 0 Å². The van der Waals surface area contributed by atoms with Crippen LogP contribution in [0.5, 0.6) is 0 Å². The second kappa shape index (κ2) is 6.10. The van der Waals surface area contributed by atoms with Crippen LogP contribution in [0.4, 0.5) is 4.79 Å².